The number of aromatic nitrogens is 2. The summed E-state index contributed by atoms with van der Waals surface area (Å²) in [4.78, 5) is 10.3. The zero-order valence-corrected chi connectivity index (χ0v) is 31.8. The van der Waals surface area contributed by atoms with E-state index < -0.39 is 0 Å². The average Bonchev–Trinajstić information content (AvgIpc) is 3.69. The zero-order chi connectivity index (χ0) is 38.6. The van der Waals surface area contributed by atoms with Crippen LogP contribution in [0.15, 0.2) is 199 Å². The van der Waals surface area contributed by atoms with E-state index in [0.29, 0.717) is 5.82 Å². The summed E-state index contributed by atoms with van der Waals surface area (Å²) in [7, 11) is 0. The molecule has 0 amide bonds. The zero-order valence-electron chi connectivity index (χ0n) is 31.8. The van der Waals surface area contributed by atoms with Crippen LogP contribution >= 0.6 is 0 Å². The van der Waals surface area contributed by atoms with Gasteiger partial charge in [0.1, 0.15) is 11.2 Å². The molecule has 0 aliphatic carbocycles. The first-order chi connectivity index (χ1) is 29.2. The van der Waals surface area contributed by atoms with Crippen LogP contribution in [0, 0.1) is 0 Å². The maximum atomic E-state index is 6.48. The van der Waals surface area contributed by atoms with Gasteiger partial charge >= 0.3 is 0 Å². The molecule has 59 heavy (non-hydrogen) atoms. The highest BCUT2D eigenvalue weighted by Crippen LogP contribution is 2.45. The standard InChI is InChI=1S/C56H32N2O/c1-2-10-38(11-3-1)56-57-48(32-49(58-56)46-20-9-19-45-41-15-4-5-21-50(41)59-55(45)46)34-24-22-33(23-25-34)40-30-39-29-28-37-13-7-17-43-42-16-6-12-35-26-27-36-14-8-18-44(53(36)51(35)42)47(31-40)54(39)52(37)43/h1-32H. The van der Waals surface area contributed by atoms with E-state index in [1.807, 2.05) is 30.3 Å². The van der Waals surface area contributed by atoms with E-state index in [9.17, 15) is 0 Å². The normalized spacial score (nSPS) is 12.1. The molecule has 2 heterocycles. The minimum absolute atomic E-state index is 0.674. The fourth-order valence-corrected chi connectivity index (χ4v) is 9.68. The van der Waals surface area contributed by atoms with Crippen LogP contribution in [0.2, 0.25) is 0 Å². The van der Waals surface area contributed by atoms with Crippen LogP contribution in [0.1, 0.15) is 0 Å². The molecule has 2 aromatic heterocycles. The van der Waals surface area contributed by atoms with Gasteiger partial charge in [0, 0.05) is 27.5 Å². The summed E-state index contributed by atoms with van der Waals surface area (Å²) in [6.45, 7) is 0. The third-order valence-electron chi connectivity index (χ3n) is 12.4. The van der Waals surface area contributed by atoms with Crippen molar-refractivity contribution >= 4 is 86.6 Å². The molecule has 0 bridgehead atoms. The second kappa shape index (κ2) is 12.3. The van der Waals surface area contributed by atoms with E-state index >= 15 is 0 Å². The van der Waals surface area contributed by atoms with Crippen LogP contribution in [0.3, 0.4) is 0 Å². The highest BCUT2D eigenvalue weighted by molar-refractivity contribution is 6.37. The Balaban J connectivity index is 1.01. The molecule has 0 spiro atoms. The minimum atomic E-state index is 0.674. The quantitative estimate of drug-likeness (QED) is 0.168. The molecule has 11 aromatic carbocycles. The van der Waals surface area contributed by atoms with Gasteiger partial charge in [-0.3, -0.25) is 0 Å². The summed E-state index contributed by atoms with van der Waals surface area (Å²) >= 11 is 0. The van der Waals surface area contributed by atoms with Crippen LogP contribution in [-0.4, -0.2) is 9.97 Å². The Morgan fingerprint density at radius 3 is 1.56 bits per heavy atom. The summed E-state index contributed by atoms with van der Waals surface area (Å²) in [5.41, 5.74) is 8.62. The Hall–Kier alpha value is -7.88. The first-order valence-electron chi connectivity index (χ1n) is 20.1. The lowest BCUT2D eigenvalue weighted by molar-refractivity contribution is 0.670. The molecule has 0 radical (unpaired) electrons. The van der Waals surface area contributed by atoms with Gasteiger partial charge in [0.2, 0.25) is 0 Å². The Kier molecular flexibility index (Phi) is 6.72. The smallest absolute Gasteiger partial charge is 0.160 e. The molecule has 3 heteroatoms. The molecule has 0 N–H and O–H groups in total. The van der Waals surface area contributed by atoms with Gasteiger partial charge in [-0.05, 0) is 106 Å². The van der Waals surface area contributed by atoms with Gasteiger partial charge in [0.25, 0.3) is 0 Å². The highest BCUT2D eigenvalue weighted by atomic mass is 16.3. The monoisotopic (exact) mass is 748 g/mol. The van der Waals surface area contributed by atoms with E-state index in [0.717, 1.165) is 55.6 Å². The van der Waals surface area contributed by atoms with Gasteiger partial charge in [0.15, 0.2) is 5.82 Å². The predicted octanol–water partition coefficient (Wildman–Crippen LogP) is 15.4. The molecular formula is C56H32N2O. The summed E-state index contributed by atoms with van der Waals surface area (Å²) in [6.07, 6.45) is 0. The van der Waals surface area contributed by atoms with Crippen LogP contribution < -0.4 is 0 Å². The largest absolute Gasteiger partial charge is 0.455 e. The number of hydrogen-bond donors (Lipinski definition) is 0. The highest BCUT2D eigenvalue weighted by Gasteiger charge is 2.19. The lowest BCUT2D eigenvalue weighted by atomic mass is 9.86. The van der Waals surface area contributed by atoms with Crippen LogP contribution in [0.4, 0.5) is 0 Å². The van der Waals surface area contributed by atoms with Crippen molar-refractivity contribution in [1.82, 2.24) is 9.97 Å². The summed E-state index contributed by atoms with van der Waals surface area (Å²) in [5.74, 6) is 0.674. The summed E-state index contributed by atoms with van der Waals surface area (Å²) in [5, 5.41) is 17.5. The molecule has 13 aromatic rings. The molecule has 0 aliphatic heterocycles. The van der Waals surface area contributed by atoms with Gasteiger partial charge in [-0.25, -0.2) is 9.97 Å². The maximum Gasteiger partial charge on any atom is 0.160 e. The van der Waals surface area contributed by atoms with Crippen molar-refractivity contribution in [2.75, 3.05) is 0 Å². The van der Waals surface area contributed by atoms with E-state index in [-0.39, 0.29) is 0 Å². The number of furan rings is 1. The number of nitrogens with zero attached hydrogens (tertiary/aromatic N) is 2. The van der Waals surface area contributed by atoms with Crippen molar-refractivity contribution in [3.63, 3.8) is 0 Å². The second-order valence-electron chi connectivity index (χ2n) is 15.6. The number of benzene rings is 10. The topological polar surface area (TPSA) is 38.9 Å². The average molecular weight is 749 g/mol. The lowest BCUT2D eigenvalue weighted by Gasteiger charge is -2.17. The van der Waals surface area contributed by atoms with Crippen molar-refractivity contribution < 1.29 is 4.42 Å². The maximum absolute atomic E-state index is 6.48. The summed E-state index contributed by atoms with van der Waals surface area (Å²) in [6, 6.07) is 69.9. The number of para-hydroxylation sites is 2. The minimum Gasteiger partial charge on any atom is -0.455 e. The molecule has 0 aliphatic rings. The second-order valence-corrected chi connectivity index (χ2v) is 15.6. The van der Waals surface area contributed by atoms with Crippen LogP contribution in [0.5, 0.6) is 0 Å². The van der Waals surface area contributed by atoms with Crippen molar-refractivity contribution in [2.24, 2.45) is 0 Å². The van der Waals surface area contributed by atoms with Crippen LogP contribution in [-0.2, 0) is 0 Å². The fourth-order valence-electron chi connectivity index (χ4n) is 9.68. The molecule has 272 valence electrons. The van der Waals surface area contributed by atoms with E-state index in [1.54, 1.807) is 0 Å². The van der Waals surface area contributed by atoms with Crippen molar-refractivity contribution in [2.45, 2.75) is 0 Å². The fraction of sp³-hybridized carbons (Fsp3) is 0. The van der Waals surface area contributed by atoms with Gasteiger partial charge in [0.05, 0.1) is 11.4 Å². The molecule has 0 fully saturated rings. The molecule has 3 nitrogen and oxygen atoms in total. The van der Waals surface area contributed by atoms with E-state index in [2.05, 4.69) is 164 Å². The van der Waals surface area contributed by atoms with E-state index in [1.165, 1.54) is 70.2 Å². The first-order valence-corrected chi connectivity index (χ1v) is 20.1. The van der Waals surface area contributed by atoms with Crippen molar-refractivity contribution in [1.29, 1.82) is 0 Å². The molecule has 0 atom stereocenters. The SMILES string of the molecule is c1ccc(-c2nc(-c3ccc(-c4cc5ccc6cccc7c8cccc9ccc%10cccc(c(c4)c5c67)c%10c98)cc3)cc(-c3cccc4c3oc3ccccc34)n2)cc1. The van der Waals surface area contributed by atoms with Gasteiger partial charge in [-0.2, -0.15) is 0 Å². The third kappa shape index (κ3) is 4.82. The summed E-state index contributed by atoms with van der Waals surface area (Å²) < 4.78 is 6.48. The number of hydrogen-bond acceptors (Lipinski definition) is 3. The molecule has 0 saturated carbocycles. The Bertz CT molecular complexity index is 3820. The van der Waals surface area contributed by atoms with Crippen molar-refractivity contribution in [3.05, 3.63) is 194 Å². The van der Waals surface area contributed by atoms with Gasteiger partial charge in [-0.15, -0.1) is 0 Å². The molecule has 0 saturated heterocycles. The Morgan fingerprint density at radius 1 is 0.305 bits per heavy atom. The number of rotatable bonds is 4. The Labute approximate surface area is 338 Å². The molecule has 0 unspecified atom stereocenters. The van der Waals surface area contributed by atoms with E-state index in [4.69, 9.17) is 14.4 Å². The Morgan fingerprint density at radius 2 is 0.847 bits per heavy atom. The third-order valence-corrected chi connectivity index (χ3v) is 12.4. The van der Waals surface area contributed by atoms with Gasteiger partial charge < -0.3 is 4.42 Å². The first kappa shape index (κ1) is 32.2. The number of fused-ring (bicyclic) bond motifs is 5. The molecule has 13 rings (SSSR count). The van der Waals surface area contributed by atoms with Crippen molar-refractivity contribution in [3.8, 4) is 45.0 Å². The lowest BCUT2D eigenvalue weighted by Crippen LogP contribution is -1.96. The van der Waals surface area contributed by atoms with Gasteiger partial charge in [-0.1, -0.05) is 164 Å². The van der Waals surface area contributed by atoms with Crippen LogP contribution in [0.25, 0.3) is 132 Å². The predicted molar refractivity (Wildman–Crippen MR) is 247 cm³/mol. The molecular weight excluding hydrogens is 717 g/mol.